The van der Waals surface area contributed by atoms with Gasteiger partial charge in [-0.2, -0.15) is 0 Å². The Morgan fingerprint density at radius 3 is 2.07 bits per heavy atom. The van der Waals surface area contributed by atoms with Gasteiger partial charge in [0.05, 0.1) is 12.0 Å². The number of rotatable bonds is 3. The Balaban J connectivity index is 2.94. The number of halogens is 3. The van der Waals surface area contributed by atoms with Gasteiger partial charge in [-0.3, -0.25) is 0 Å². The molecule has 2 N–H and O–H groups in total. The molecule has 0 aliphatic rings. The molecule has 0 spiro atoms. The van der Waals surface area contributed by atoms with Gasteiger partial charge in [-0.25, -0.2) is 8.78 Å². The van der Waals surface area contributed by atoms with Crippen molar-refractivity contribution in [3.8, 4) is 0 Å². The van der Waals surface area contributed by atoms with E-state index in [1.807, 2.05) is 0 Å². The molecule has 0 saturated carbocycles. The molecule has 14 heavy (non-hydrogen) atoms. The van der Waals surface area contributed by atoms with Gasteiger partial charge >= 0.3 is 0 Å². The van der Waals surface area contributed by atoms with Crippen LogP contribution in [0, 0.1) is 11.6 Å². The number of hydrogen-bond acceptors (Lipinski definition) is 2. The first-order chi connectivity index (χ1) is 6.54. The van der Waals surface area contributed by atoms with Crippen LogP contribution in [0.1, 0.15) is 11.7 Å². The van der Waals surface area contributed by atoms with E-state index >= 15 is 0 Å². The summed E-state index contributed by atoms with van der Waals surface area (Å²) in [6, 6.07) is 2.58. The molecule has 2 unspecified atom stereocenters. The minimum absolute atomic E-state index is 0.0318. The zero-order valence-corrected chi connectivity index (χ0v) is 7.88. The second-order valence-electron chi connectivity index (χ2n) is 2.87. The van der Waals surface area contributed by atoms with Crippen molar-refractivity contribution < 1.29 is 19.0 Å². The average molecular weight is 223 g/mol. The molecule has 0 bridgehead atoms. The van der Waals surface area contributed by atoms with Crippen LogP contribution in [0.2, 0.25) is 0 Å². The van der Waals surface area contributed by atoms with E-state index in [9.17, 15) is 13.9 Å². The Morgan fingerprint density at radius 2 is 1.64 bits per heavy atom. The number of aliphatic hydroxyl groups excluding tert-OH is 2. The van der Waals surface area contributed by atoms with Crippen LogP contribution in [0.15, 0.2) is 18.2 Å². The van der Waals surface area contributed by atoms with Gasteiger partial charge in [-0.15, -0.1) is 11.6 Å². The molecule has 1 rings (SSSR count). The van der Waals surface area contributed by atoms with Gasteiger partial charge in [0.1, 0.15) is 17.7 Å². The predicted octanol–water partition coefficient (Wildman–Crippen LogP) is 1.60. The summed E-state index contributed by atoms with van der Waals surface area (Å²) in [7, 11) is 0. The van der Waals surface area contributed by atoms with E-state index in [0.29, 0.717) is 6.07 Å². The van der Waals surface area contributed by atoms with Crippen LogP contribution in [0.5, 0.6) is 0 Å². The van der Waals surface area contributed by atoms with Crippen LogP contribution in [-0.2, 0) is 0 Å². The van der Waals surface area contributed by atoms with Crippen molar-refractivity contribution in [3.63, 3.8) is 0 Å². The third kappa shape index (κ3) is 2.64. The molecule has 0 aliphatic heterocycles. The van der Waals surface area contributed by atoms with Gasteiger partial charge in [0.15, 0.2) is 0 Å². The molecule has 2 nitrogen and oxygen atoms in total. The van der Waals surface area contributed by atoms with Crippen molar-refractivity contribution >= 4 is 11.6 Å². The molecule has 0 saturated heterocycles. The minimum Gasteiger partial charge on any atom is -0.389 e. The minimum atomic E-state index is -1.38. The molecule has 0 fully saturated rings. The van der Waals surface area contributed by atoms with E-state index in [-0.39, 0.29) is 11.4 Å². The first-order valence-electron chi connectivity index (χ1n) is 3.92. The van der Waals surface area contributed by atoms with Crippen molar-refractivity contribution in [1.82, 2.24) is 0 Å². The van der Waals surface area contributed by atoms with Gasteiger partial charge in [0.2, 0.25) is 0 Å². The summed E-state index contributed by atoms with van der Waals surface area (Å²) in [4.78, 5) is 0. The van der Waals surface area contributed by atoms with Crippen molar-refractivity contribution in [2.24, 2.45) is 0 Å². The molecule has 1 aromatic rings. The maximum absolute atomic E-state index is 12.7. The smallest absolute Gasteiger partial charge is 0.126 e. The van der Waals surface area contributed by atoms with Crippen LogP contribution in [0.4, 0.5) is 8.78 Å². The Hall–Kier alpha value is -0.710. The predicted molar refractivity (Wildman–Crippen MR) is 48.0 cm³/mol. The summed E-state index contributed by atoms with van der Waals surface area (Å²) >= 11 is 5.28. The van der Waals surface area contributed by atoms with Crippen LogP contribution in [-0.4, -0.2) is 22.2 Å². The zero-order chi connectivity index (χ0) is 10.7. The fourth-order valence-corrected chi connectivity index (χ4v) is 1.22. The van der Waals surface area contributed by atoms with E-state index in [2.05, 4.69) is 0 Å². The van der Waals surface area contributed by atoms with Crippen LogP contribution >= 0.6 is 11.6 Å². The highest BCUT2D eigenvalue weighted by atomic mass is 35.5. The van der Waals surface area contributed by atoms with E-state index in [4.69, 9.17) is 16.7 Å². The van der Waals surface area contributed by atoms with Gasteiger partial charge in [0.25, 0.3) is 0 Å². The van der Waals surface area contributed by atoms with E-state index in [1.165, 1.54) is 0 Å². The maximum Gasteiger partial charge on any atom is 0.126 e. The molecule has 0 heterocycles. The standard InChI is InChI=1S/C9H9ClF2O2/c10-4-8(13)9(14)5-1-6(11)3-7(12)2-5/h1-3,8-9,13-14H,4H2. The number of alkyl halides is 1. The second kappa shape index (κ2) is 4.68. The van der Waals surface area contributed by atoms with Crippen LogP contribution < -0.4 is 0 Å². The van der Waals surface area contributed by atoms with Crippen LogP contribution in [0.3, 0.4) is 0 Å². The fraction of sp³-hybridized carbons (Fsp3) is 0.333. The number of benzene rings is 1. The SMILES string of the molecule is OC(CCl)C(O)c1cc(F)cc(F)c1. The van der Waals surface area contributed by atoms with Gasteiger partial charge in [0, 0.05) is 6.07 Å². The molecule has 0 radical (unpaired) electrons. The quantitative estimate of drug-likeness (QED) is 0.763. The molecular weight excluding hydrogens is 214 g/mol. The lowest BCUT2D eigenvalue weighted by molar-refractivity contribution is 0.0323. The van der Waals surface area contributed by atoms with Crippen LogP contribution in [0.25, 0.3) is 0 Å². The highest BCUT2D eigenvalue weighted by Crippen LogP contribution is 2.19. The van der Waals surface area contributed by atoms with Crippen molar-refractivity contribution in [2.45, 2.75) is 12.2 Å². The summed E-state index contributed by atoms with van der Waals surface area (Å²) in [5, 5.41) is 18.5. The van der Waals surface area contributed by atoms with E-state index in [1.54, 1.807) is 0 Å². The summed E-state index contributed by atoms with van der Waals surface area (Å²) in [6.07, 6.45) is -2.62. The summed E-state index contributed by atoms with van der Waals surface area (Å²) < 4.78 is 25.4. The third-order valence-electron chi connectivity index (χ3n) is 1.75. The lowest BCUT2D eigenvalue weighted by atomic mass is 10.1. The maximum atomic E-state index is 12.7. The van der Waals surface area contributed by atoms with Gasteiger partial charge in [-0.1, -0.05) is 0 Å². The molecule has 78 valence electrons. The Morgan fingerprint density at radius 1 is 1.14 bits per heavy atom. The molecule has 0 aliphatic carbocycles. The fourth-order valence-electron chi connectivity index (χ4n) is 1.05. The zero-order valence-electron chi connectivity index (χ0n) is 7.12. The largest absolute Gasteiger partial charge is 0.389 e. The molecule has 0 aromatic heterocycles. The first-order valence-corrected chi connectivity index (χ1v) is 4.46. The molecule has 0 amide bonds. The Bertz CT molecular complexity index is 299. The van der Waals surface area contributed by atoms with E-state index in [0.717, 1.165) is 12.1 Å². The monoisotopic (exact) mass is 222 g/mol. The highest BCUT2D eigenvalue weighted by Gasteiger charge is 2.18. The number of hydrogen-bond donors (Lipinski definition) is 2. The molecular formula is C9H9ClF2O2. The lowest BCUT2D eigenvalue weighted by Crippen LogP contribution is -2.19. The summed E-state index contributed by atoms with van der Waals surface area (Å²) in [5.41, 5.74) is -0.0318. The lowest BCUT2D eigenvalue weighted by Gasteiger charge is -2.15. The normalized spacial score (nSPS) is 15.2. The van der Waals surface area contributed by atoms with E-state index < -0.39 is 23.8 Å². The molecule has 2 atom stereocenters. The first kappa shape index (κ1) is 11.4. The Labute approximate surface area is 84.7 Å². The van der Waals surface area contributed by atoms with Crippen molar-refractivity contribution in [3.05, 3.63) is 35.4 Å². The third-order valence-corrected chi connectivity index (χ3v) is 2.07. The number of aliphatic hydroxyl groups is 2. The molecule has 5 heteroatoms. The summed E-state index contributed by atoms with van der Waals surface area (Å²) in [6.45, 7) is 0. The van der Waals surface area contributed by atoms with Gasteiger partial charge in [-0.05, 0) is 17.7 Å². The second-order valence-corrected chi connectivity index (χ2v) is 3.18. The molecule has 1 aromatic carbocycles. The Kier molecular flexibility index (Phi) is 3.80. The van der Waals surface area contributed by atoms with Gasteiger partial charge < -0.3 is 10.2 Å². The highest BCUT2D eigenvalue weighted by molar-refractivity contribution is 6.18. The average Bonchev–Trinajstić information content (AvgIpc) is 2.14. The summed E-state index contributed by atoms with van der Waals surface area (Å²) in [5.74, 6) is -1.82. The van der Waals surface area contributed by atoms with Crippen molar-refractivity contribution in [1.29, 1.82) is 0 Å². The topological polar surface area (TPSA) is 40.5 Å². The van der Waals surface area contributed by atoms with Crippen molar-refractivity contribution in [2.75, 3.05) is 5.88 Å².